The Kier molecular flexibility index (Phi) is 5.62. The fourth-order valence-electron chi connectivity index (χ4n) is 4.25. The summed E-state index contributed by atoms with van der Waals surface area (Å²) in [4.78, 5) is 15.6. The number of anilines is 3. The molecule has 1 aliphatic carbocycles. The highest BCUT2D eigenvalue weighted by molar-refractivity contribution is 7.93. The predicted molar refractivity (Wildman–Crippen MR) is 135 cm³/mol. The summed E-state index contributed by atoms with van der Waals surface area (Å²) in [5.41, 5.74) is 2.41. The highest BCUT2D eigenvalue weighted by Gasteiger charge is 2.31. The Hall–Kier alpha value is -2.56. The number of nitrogens with one attached hydrogen (secondary N) is 2. The first-order chi connectivity index (χ1) is 15.7. The standard InChI is InChI=1S/C23H25N5O2S3/c1-23(2,3)14-4-9-17-18(12-14)32-21-19(17)20(25-13-26-21)27-15-5-7-16(8-6-15)33(29,30)28-22-24-10-11-31-22/h5-8,10-11,13-14H,4,9,12H2,1-3H3,(H,24,28)(H,25,26,27). The number of rotatable bonds is 5. The van der Waals surface area contributed by atoms with Gasteiger partial charge in [-0.25, -0.2) is 23.4 Å². The van der Waals surface area contributed by atoms with Crippen LogP contribution in [-0.4, -0.2) is 23.4 Å². The van der Waals surface area contributed by atoms with E-state index in [0.29, 0.717) is 11.0 Å². The van der Waals surface area contributed by atoms with Crippen LogP contribution in [0.1, 0.15) is 37.6 Å². The molecule has 3 heterocycles. The van der Waals surface area contributed by atoms with Crippen LogP contribution < -0.4 is 10.0 Å². The maximum Gasteiger partial charge on any atom is 0.263 e. The van der Waals surface area contributed by atoms with Crippen molar-refractivity contribution < 1.29 is 8.42 Å². The van der Waals surface area contributed by atoms with Crippen LogP contribution in [0.2, 0.25) is 0 Å². The average molecular weight is 500 g/mol. The van der Waals surface area contributed by atoms with Gasteiger partial charge < -0.3 is 5.32 Å². The van der Waals surface area contributed by atoms with Gasteiger partial charge in [-0.05, 0) is 60.4 Å². The number of nitrogens with zero attached hydrogens (tertiary/aromatic N) is 3. The van der Waals surface area contributed by atoms with Gasteiger partial charge in [-0.15, -0.1) is 22.7 Å². The van der Waals surface area contributed by atoms with Crippen molar-refractivity contribution in [1.29, 1.82) is 0 Å². The molecule has 0 saturated heterocycles. The molecule has 0 bridgehead atoms. The SMILES string of the molecule is CC(C)(C)C1CCc2c(sc3ncnc(Nc4ccc(S(=O)(=O)Nc5nccs5)cc4)c23)C1. The second-order valence-electron chi connectivity index (χ2n) is 9.30. The van der Waals surface area contributed by atoms with E-state index in [4.69, 9.17) is 0 Å². The summed E-state index contributed by atoms with van der Waals surface area (Å²) < 4.78 is 27.7. The molecule has 0 aliphatic heterocycles. The van der Waals surface area contributed by atoms with Crippen LogP contribution >= 0.6 is 22.7 Å². The first kappa shape index (κ1) is 22.2. The maximum atomic E-state index is 12.6. The number of thiophene rings is 1. The molecular formula is C23H25N5O2S3. The van der Waals surface area contributed by atoms with Crippen LogP contribution in [0.25, 0.3) is 10.2 Å². The lowest BCUT2D eigenvalue weighted by Crippen LogP contribution is -2.26. The molecule has 1 unspecified atom stereocenters. The molecule has 0 spiro atoms. The summed E-state index contributed by atoms with van der Waals surface area (Å²) in [6.07, 6.45) is 6.42. The van der Waals surface area contributed by atoms with Crippen molar-refractivity contribution in [2.75, 3.05) is 10.0 Å². The molecule has 172 valence electrons. The van der Waals surface area contributed by atoms with Gasteiger partial charge in [0, 0.05) is 22.1 Å². The molecule has 1 aliphatic rings. The lowest BCUT2D eigenvalue weighted by molar-refractivity contribution is 0.218. The summed E-state index contributed by atoms with van der Waals surface area (Å²) in [6, 6.07) is 6.65. The zero-order chi connectivity index (χ0) is 23.2. The van der Waals surface area contributed by atoms with Crippen LogP contribution in [-0.2, 0) is 22.9 Å². The fraction of sp³-hybridized carbons (Fsp3) is 0.348. The zero-order valence-corrected chi connectivity index (χ0v) is 21.1. The Morgan fingerprint density at radius 1 is 1.09 bits per heavy atom. The molecular weight excluding hydrogens is 474 g/mol. The van der Waals surface area contributed by atoms with Gasteiger partial charge in [0.15, 0.2) is 5.13 Å². The third-order valence-corrected chi connectivity index (χ3v) is 9.49. The van der Waals surface area contributed by atoms with Crippen molar-refractivity contribution in [1.82, 2.24) is 15.0 Å². The molecule has 0 radical (unpaired) electrons. The molecule has 4 aromatic rings. The summed E-state index contributed by atoms with van der Waals surface area (Å²) in [5.74, 6) is 1.43. The summed E-state index contributed by atoms with van der Waals surface area (Å²) in [6.45, 7) is 6.96. The molecule has 2 N–H and O–H groups in total. The topological polar surface area (TPSA) is 96.9 Å². The van der Waals surface area contributed by atoms with Crippen LogP contribution in [0.4, 0.5) is 16.6 Å². The van der Waals surface area contributed by atoms with E-state index >= 15 is 0 Å². The van der Waals surface area contributed by atoms with Crippen molar-refractivity contribution >= 4 is 59.6 Å². The van der Waals surface area contributed by atoms with E-state index in [1.54, 1.807) is 53.5 Å². The molecule has 1 aromatic carbocycles. The lowest BCUT2D eigenvalue weighted by atomic mass is 9.72. The van der Waals surface area contributed by atoms with Gasteiger partial charge in [0.2, 0.25) is 0 Å². The minimum atomic E-state index is -3.68. The zero-order valence-electron chi connectivity index (χ0n) is 18.6. The van der Waals surface area contributed by atoms with Crippen molar-refractivity contribution in [3.05, 3.63) is 52.6 Å². The quantitative estimate of drug-likeness (QED) is 0.358. The molecule has 0 amide bonds. The number of aryl methyl sites for hydroxylation is 1. The largest absolute Gasteiger partial charge is 0.340 e. The highest BCUT2D eigenvalue weighted by Crippen LogP contribution is 2.44. The second-order valence-corrected chi connectivity index (χ2v) is 13.0. The Morgan fingerprint density at radius 3 is 2.58 bits per heavy atom. The summed E-state index contributed by atoms with van der Waals surface area (Å²) >= 11 is 3.00. The van der Waals surface area contributed by atoms with Gasteiger partial charge in [-0.2, -0.15) is 0 Å². The normalized spacial score (nSPS) is 16.5. The van der Waals surface area contributed by atoms with Gasteiger partial charge >= 0.3 is 0 Å². The van der Waals surface area contributed by atoms with E-state index in [-0.39, 0.29) is 10.3 Å². The molecule has 0 saturated carbocycles. The van der Waals surface area contributed by atoms with Crippen LogP contribution in [0, 0.1) is 11.3 Å². The Morgan fingerprint density at radius 2 is 1.88 bits per heavy atom. The average Bonchev–Trinajstić information content (AvgIpc) is 3.40. The number of benzene rings is 1. The molecule has 0 fully saturated rings. The van der Waals surface area contributed by atoms with Crippen LogP contribution in [0.3, 0.4) is 0 Å². The summed E-state index contributed by atoms with van der Waals surface area (Å²) in [5, 5.41) is 6.53. The lowest BCUT2D eigenvalue weighted by Gasteiger charge is -2.33. The van der Waals surface area contributed by atoms with E-state index in [2.05, 4.69) is 45.8 Å². The monoisotopic (exact) mass is 499 g/mol. The van der Waals surface area contributed by atoms with Gasteiger partial charge in [-0.1, -0.05) is 20.8 Å². The van der Waals surface area contributed by atoms with Crippen molar-refractivity contribution in [2.24, 2.45) is 11.3 Å². The van der Waals surface area contributed by atoms with Crippen LogP contribution in [0.5, 0.6) is 0 Å². The Bertz CT molecular complexity index is 1390. The maximum absolute atomic E-state index is 12.6. The third kappa shape index (κ3) is 4.47. The van der Waals surface area contributed by atoms with E-state index in [1.807, 2.05) is 0 Å². The summed E-state index contributed by atoms with van der Waals surface area (Å²) in [7, 11) is -3.68. The molecule has 7 nitrogen and oxygen atoms in total. The highest BCUT2D eigenvalue weighted by atomic mass is 32.2. The van der Waals surface area contributed by atoms with E-state index < -0.39 is 10.0 Å². The molecule has 33 heavy (non-hydrogen) atoms. The molecule has 1 atom stereocenters. The fourth-order valence-corrected chi connectivity index (χ4v) is 7.30. The third-order valence-electron chi connectivity index (χ3n) is 6.15. The van der Waals surface area contributed by atoms with Crippen molar-refractivity contribution in [3.8, 4) is 0 Å². The van der Waals surface area contributed by atoms with Gasteiger partial charge in [0.25, 0.3) is 10.0 Å². The van der Waals surface area contributed by atoms with Crippen molar-refractivity contribution in [3.63, 3.8) is 0 Å². The molecule has 3 aromatic heterocycles. The minimum Gasteiger partial charge on any atom is -0.340 e. The number of aromatic nitrogens is 3. The second kappa shape index (κ2) is 8.34. The predicted octanol–water partition coefficient (Wildman–Crippen LogP) is 5.84. The van der Waals surface area contributed by atoms with E-state index in [1.165, 1.54) is 21.8 Å². The number of hydrogen-bond donors (Lipinski definition) is 2. The Balaban J connectivity index is 1.40. The number of fused-ring (bicyclic) bond motifs is 3. The molecule has 5 rings (SSSR count). The molecule has 10 heteroatoms. The van der Waals surface area contributed by atoms with E-state index in [0.717, 1.165) is 41.0 Å². The van der Waals surface area contributed by atoms with Crippen molar-refractivity contribution in [2.45, 2.75) is 44.9 Å². The minimum absolute atomic E-state index is 0.178. The van der Waals surface area contributed by atoms with Gasteiger partial charge in [0.05, 0.1) is 10.3 Å². The Labute approximate surface area is 201 Å². The van der Waals surface area contributed by atoms with Crippen LogP contribution in [0.15, 0.2) is 47.1 Å². The number of sulfonamides is 1. The first-order valence-electron chi connectivity index (χ1n) is 10.8. The van der Waals surface area contributed by atoms with Gasteiger partial charge in [-0.3, -0.25) is 4.72 Å². The van der Waals surface area contributed by atoms with Gasteiger partial charge in [0.1, 0.15) is 17.0 Å². The number of thiazole rings is 1. The smallest absolute Gasteiger partial charge is 0.263 e. The number of hydrogen-bond acceptors (Lipinski definition) is 8. The van der Waals surface area contributed by atoms with E-state index in [9.17, 15) is 8.42 Å². The first-order valence-corrected chi connectivity index (χ1v) is 13.9.